The monoisotopic (exact) mass is 274 g/mol. The zero-order valence-corrected chi connectivity index (χ0v) is 10.7. The highest BCUT2D eigenvalue weighted by molar-refractivity contribution is 6.44. The third-order valence-corrected chi connectivity index (χ3v) is 3.40. The molecule has 1 aromatic rings. The summed E-state index contributed by atoms with van der Waals surface area (Å²) in [5.41, 5.74) is 0.583. The molecular formula is C11H12Cl2N2O2. The number of nitrogens with zero attached hydrogens (tertiary/aromatic N) is 2. The van der Waals surface area contributed by atoms with Gasteiger partial charge >= 0.3 is 0 Å². The Kier molecular flexibility index (Phi) is 3.58. The van der Waals surface area contributed by atoms with Gasteiger partial charge in [0, 0.05) is 6.42 Å². The Morgan fingerprint density at radius 3 is 2.71 bits per heavy atom. The molecule has 0 saturated heterocycles. The summed E-state index contributed by atoms with van der Waals surface area (Å²) in [5.74, 6) is 0.500. The SMILES string of the molecule is CC1=NC(O)CC(O)N1c1cccc(Cl)c1Cl. The molecule has 2 rings (SSSR count). The molecular weight excluding hydrogens is 263 g/mol. The van der Waals surface area contributed by atoms with Gasteiger partial charge in [-0.25, -0.2) is 4.99 Å². The standard InChI is InChI=1S/C11H12Cl2N2O2/c1-6-14-9(16)5-10(17)15(6)8-4-2-3-7(12)11(8)13/h2-4,9-10,16-17H,5H2,1H3. The maximum Gasteiger partial charge on any atom is 0.151 e. The fourth-order valence-corrected chi connectivity index (χ4v) is 2.24. The highest BCUT2D eigenvalue weighted by Gasteiger charge is 2.28. The van der Waals surface area contributed by atoms with Gasteiger partial charge in [0.1, 0.15) is 12.1 Å². The van der Waals surface area contributed by atoms with E-state index in [0.29, 0.717) is 21.6 Å². The second-order valence-corrected chi connectivity index (χ2v) is 4.60. The number of amidine groups is 1. The Balaban J connectivity index is 2.46. The Hall–Kier alpha value is -0.810. The van der Waals surface area contributed by atoms with Crippen LogP contribution in [0.1, 0.15) is 13.3 Å². The number of hydrogen-bond donors (Lipinski definition) is 2. The lowest BCUT2D eigenvalue weighted by Gasteiger charge is -2.34. The maximum absolute atomic E-state index is 9.96. The average molecular weight is 275 g/mol. The van der Waals surface area contributed by atoms with Gasteiger partial charge in [0.15, 0.2) is 6.23 Å². The predicted molar refractivity (Wildman–Crippen MR) is 68.7 cm³/mol. The summed E-state index contributed by atoms with van der Waals surface area (Å²) in [4.78, 5) is 5.55. The number of rotatable bonds is 1. The van der Waals surface area contributed by atoms with Crippen molar-refractivity contribution in [3.63, 3.8) is 0 Å². The first-order valence-corrected chi connectivity index (χ1v) is 5.90. The van der Waals surface area contributed by atoms with Gasteiger partial charge in [0.05, 0.1) is 15.7 Å². The van der Waals surface area contributed by atoms with E-state index in [-0.39, 0.29) is 6.42 Å². The lowest BCUT2D eigenvalue weighted by atomic mass is 10.2. The van der Waals surface area contributed by atoms with E-state index in [1.165, 1.54) is 0 Å². The molecule has 0 saturated carbocycles. The minimum absolute atomic E-state index is 0.139. The van der Waals surface area contributed by atoms with Gasteiger partial charge in [-0.1, -0.05) is 29.3 Å². The smallest absolute Gasteiger partial charge is 0.151 e. The van der Waals surface area contributed by atoms with Gasteiger partial charge in [-0.05, 0) is 19.1 Å². The topological polar surface area (TPSA) is 56.1 Å². The van der Waals surface area contributed by atoms with Crippen LogP contribution in [-0.4, -0.2) is 28.5 Å². The van der Waals surface area contributed by atoms with Crippen molar-refractivity contribution < 1.29 is 10.2 Å². The lowest BCUT2D eigenvalue weighted by molar-refractivity contribution is 0.0815. The first-order chi connectivity index (χ1) is 8.00. The molecule has 0 bridgehead atoms. The molecule has 0 amide bonds. The van der Waals surface area contributed by atoms with E-state index >= 15 is 0 Å². The van der Waals surface area contributed by atoms with E-state index < -0.39 is 12.5 Å². The minimum atomic E-state index is -0.876. The van der Waals surface area contributed by atoms with Crippen LogP contribution in [0.5, 0.6) is 0 Å². The number of aliphatic hydroxyl groups is 2. The Morgan fingerprint density at radius 2 is 2.06 bits per heavy atom. The molecule has 0 radical (unpaired) electrons. The van der Waals surface area contributed by atoms with Crippen molar-refractivity contribution in [3.8, 4) is 0 Å². The molecule has 1 aliphatic rings. The summed E-state index contributed by atoms with van der Waals surface area (Å²) in [5, 5.41) is 20.1. The van der Waals surface area contributed by atoms with Crippen LogP contribution in [0.25, 0.3) is 0 Å². The van der Waals surface area contributed by atoms with E-state index in [9.17, 15) is 10.2 Å². The van der Waals surface area contributed by atoms with Crippen LogP contribution < -0.4 is 4.90 Å². The Morgan fingerprint density at radius 1 is 1.35 bits per heavy atom. The third-order valence-electron chi connectivity index (χ3n) is 2.59. The van der Waals surface area contributed by atoms with Gasteiger partial charge in [0.25, 0.3) is 0 Å². The third kappa shape index (κ3) is 2.40. The van der Waals surface area contributed by atoms with E-state index in [4.69, 9.17) is 23.2 Å². The second kappa shape index (κ2) is 4.82. The summed E-state index contributed by atoms with van der Waals surface area (Å²) in [6.07, 6.45) is -1.60. The number of aliphatic hydroxyl groups excluding tert-OH is 2. The van der Waals surface area contributed by atoms with E-state index in [2.05, 4.69) is 4.99 Å². The van der Waals surface area contributed by atoms with Gasteiger partial charge in [-0.2, -0.15) is 0 Å². The fourth-order valence-electron chi connectivity index (χ4n) is 1.85. The maximum atomic E-state index is 9.96. The van der Waals surface area contributed by atoms with Crippen molar-refractivity contribution in [1.29, 1.82) is 0 Å². The molecule has 1 aliphatic heterocycles. The molecule has 6 heteroatoms. The molecule has 92 valence electrons. The van der Waals surface area contributed by atoms with Crippen LogP contribution in [0.2, 0.25) is 10.0 Å². The van der Waals surface area contributed by atoms with Gasteiger partial charge in [-0.15, -0.1) is 0 Å². The molecule has 0 spiro atoms. The molecule has 2 unspecified atom stereocenters. The second-order valence-electron chi connectivity index (χ2n) is 3.82. The molecule has 0 fully saturated rings. The van der Waals surface area contributed by atoms with Crippen LogP contribution in [0.15, 0.2) is 23.2 Å². The first-order valence-electron chi connectivity index (χ1n) is 5.14. The molecule has 1 heterocycles. The van der Waals surface area contributed by atoms with Crippen LogP contribution in [-0.2, 0) is 0 Å². The fraction of sp³-hybridized carbons (Fsp3) is 0.364. The minimum Gasteiger partial charge on any atom is -0.373 e. The highest BCUT2D eigenvalue weighted by Crippen LogP contribution is 2.35. The summed E-state index contributed by atoms with van der Waals surface area (Å²) in [6, 6.07) is 5.16. The van der Waals surface area contributed by atoms with Crippen molar-refractivity contribution in [2.75, 3.05) is 4.90 Å². The summed E-state index contributed by atoms with van der Waals surface area (Å²) < 4.78 is 0. The van der Waals surface area contributed by atoms with Crippen LogP contribution in [0, 0.1) is 0 Å². The van der Waals surface area contributed by atoms with E-state index in [1.54, 1.807) is 30.0 Å². The Bertz CT molecular complexity index is 465. The highest BCUT2D eigenvalue weighted by atomic mass is 35.5. The van der Waals surface area contributed by atoms with Crippen molar-refractivity contribution in [2.24, 2.45) is 4.99 Å². The molecule has 2 N–H and O–H groups in total. The van der Waals surface area contributed by atoms with Crippen molar-refractivity contribution >= 4 is 34.7 Å². The van der Waals surface area contributed by atoms with E-state index in [1.807, 2.05) is 0 Å². The first kappa shape index (κ1) is 12.6. The number of aliphatic imine (C=N–C) groups is 1. The normalized spacial score (nSPS) is 24.8. The zero-order chi connectivity index (χ0) is 12.6. The van der Waals surface area contributed by atoms with Crippen molar-refractivity contribution in [1.82, 2.24) is 0 Å². The number of hydrogen-bond acceptors (Lipinski definition) is 4. The molecule has 17 heavy (non-hydrogen) atoms. The number of anilines is 1. The van der Waals surface area contributed by atoms with Crippen molar-refractivity contribution in [3.05, 3.63) is 28.2 Å². The van der Waals surface area contributed by atoms with Gasteiger partial charge in [-0.3, -0.25) is 0 Å². The summed E-state index contributed by atoms with van der Waals surface area (Å²) >= 11 is 12.0. The molecule has 4 nitrogen and oxygen atoms in total. The van der Waals surface area contributed by atoms with Crippen LogP contribution in [0.4, 0.5) is 5.69 Å². The summed E-state index contributed by atoms with van der Waals surface area (Å²) in [7, 11) is 0. The number of halogens is 2. The molecule has 0 aromatic heterocycles. The quantitative estimate of drug-likeness (QED) is 0.826. The van der Waals surface area contributed by atoms with Crippen molar-refractivity contribution in [2.45, 2.75) is 25.8 Å². The van der Waals surface area contributed by atoms with Crippen LogP contribution >= 0.6 is 23.2 Å². The lowest BCUT2D eigenvalue weighted by Crippen LogP contribution is -2.45. The Labute approximate surface area is 109 Å². The van der Waals surface area contributed by atoms with Gasteiger partial charge in [0.2, 0.25) is 0 Å². The van der Waals surface area contributed by atoms with Gasteiger partial charge < -0.3 is 15.1 Å². The van der Waals surface area contributed by atoms with E-state index in [0.717, 1.165) is 0 Å². The largest absolute Gasteiger partial charge is 0.373 e. The average Bonchev–Trinajstić information content (AvgIpc) is 2.23. The van der Waals surface area contributed by atoms with Crippen LogP contribution in [0.3, 0.4) is 0 Å². The number of benzene rings is 1. The molecule has 1 aromatic carbocycles. The predicted octanol–water partition coefficient (Wildman–Crippen LogP) is 2.26. The molecule has 0 aliphatic carbocycles. The molecule has 2 atom stereocenters. The summed E-state index contributed by atoms with van der Waals surface area (Å²) in [6.45, 7) is 1.70. The zero-order valence-electron chi connectivity index (χ0n) is 9.14.